The maximum Gasteiger partial charge on any atom is 0.241 e. The van der Waals surface area contributed by atoms with Gasteiger partial charge in [0.2, 0.25) is 5.91 Å². The maximum absolute atomic E-state index is 12.0. The molecular weight excluding hydrogens is 292 g/mol. The summed E-state index contributed by atoms with van der Waals surface area (Å²) in [4.78, 5) is 16.4. The van der Waals surface area contributed by atoms with E-state index in [-0.39, 0.29) is 12.5 Å². The van der Waals surface area contributed by atoms with E-state index in [4.69, 9.17) is 4.42 Å². The Morgan fingerprint density at radius 2 is 2.26 bits per heavy atom. The number of fused-ring (bicyclic) bond motifs is 1. The van der Waals surface area contributed by atoms with Gasteiger partial charge < -0.3 is 9.73 Å². The van der Waals surface area contributed by atoms with Crippen molar-refractivity contribution in [1.82, 2.24) is 20.1 Å². The van der Waals surface area contributed by atoms with E-state index in [9.17, 15) is 4.79 Å². The van der Waals surface area contributed by atoms with Crippen LogP contribution < -0.4 is 5.32 Å². The molecule has 6 heteroatoms. The summed E-state index contributed by atoms with van der Waals surface area (Å²) in [5, 5.41) is 8.30. The van der Waals surface area contributed by atoms with E-state index in [0.29, 0.717) is 12.2 Å². The van der Waals surface area contributed by atoms with Gasteiger partial charge in [-0.2, -0.15) is 5.10 Å². The summed E-state index contributed by atoms with van der Waals surface area (Å²) >= 11 is 0. The first-order valence-electron chi connectivity index (χ1n) is 7.83. The minimum Gasteiger partial charge on any atom is -0.464 e. The highest BCUT2D eigenvalue weighted by Gasteiger charge is 2.16. The van der Waals surface area contributed by atoms with Gasteiger partial charge in [-0.3, -0.25) is 4.79 Å². The van der Waals surface area contributed by atoms with E-state index in [0.717, 1.165) is 35.2 Å². The molecule has 0 aliphatic rings. The van der Waals surface area contributed by atoms with Crippen molar-refractivity contribution in [2.24, 2.45) is 0 Å². The predicted octanol–water partition coefficient (Wildman–Crippen LogP) is 2.92. The van der Waals surface area contributed by atoms with Gasteiger partial charge in [0.1, 0.15) is 12.3 Å². The third kappa shape index (κ3) is 3.11. The highest BCUT2D eigenvalue weighted by atomic mass is 16.3. The number of hydrogen-bond acceptors (Lipinski definition) is 4. The number of furan rings is 1. The standard InChI is InChI=1S/C17H20N4O2/c1-3-4-8-18-15(22)11-21-17-16(12(2)20-21)13(7-9-19-17)14-6-5-10-23-14/h5-7,9-10H,3-4,8,11H2,1-2H3,(H,18,22). The Bertz CT molecular complexity index is 805. The zero-order valence-corrected chi connectivity index (χ0v) is 13.4. The molecule has 3 rings (SSSR count). The van der Waals surface area contributed by atoms with Crippen LogP contribution in [-0.4, -0.2) is 27.2 Å². The van der Waals surface area contributed by atoms with E-state index in [1.807, 2.05) is 25.1 Å². The zero-order valence-electron chi connectivity index (χ0n) is 13.4. The molecule has 3 aromatic heterocycles. The number of rotatable bonds is 6. The Labute approximate surface area is 134 Å². The zero-order chi connectivity index (χ0) is 16.2. The minimum atomic E-state index is -0.0481. The topological polar surface area (TPSA) is 73.0 Å². The number of pyridine rings is 1. The van der Waals surface area contributed by atoms with Crippen LogP contribution in [0.2, 0.25) is 0 Å². The summed E-state index contributed by atoms with van der Waals surface area (Å²) in [7, 11) is 0. The number of carbonyl (C=O) groups is 1. The highest BCUT2D eigenvalue weighted by molar-refractivity contribution is 5.93. The van der Waals surface area contributed by atoms with E-state index in [1.54, 1.807) is 17.1 Å². The predicted molar refractivity (Wildman–Crippen MR) is 87.9 cm³/mol. The van der Waals surface area contributed by atoms with Crippen LogP contribution in [0.25, 0.3) is 22.4 Å². The number of unbranched alkanes of at least 4 members (excludes halogenated alkanes) is 1. The Kier molecular flexibility index (Phi) is 4.41. The first-order chi connectivity index (χ1) is 11.2. The fourth-order valence-corrected chi connectivity index (χ4v) is 2.63. The van der Waals surface area contributed by atoms with Gasteiger partial charge in [-0.15, -0.1) is 0 Å². The van der Waals surface area contributed by atoms with Crippen LogP contribution in [0.3, 0.4) is 0 Å². The van der Waals surface area contributed by atoms with Crippen molar-refractivity contribution in [3.63, 3.8) is 0 Å². The van der Waals surface area contributed by atoms with E-state index in [1.165, 1.54) is 0 Å². The van der Waals surface area contributed by atoms with Gasteiger partial charge in [0.05, 0.1) is 17.3 Å². The molecule has 0 aliphatic carbocycles. The van der Waals surface area contributed by atoms with Crippen molar-refractivity contribution >= 4 is 16.9 Å². The molecule has 1 amide bonds. The number of hydrogen-bond donors (Lipinski definition) is 1. The van der Waals surface area contributed by atoms with Gasteiger partial charge in [-0.25, -0.2) is 9.67 Å². The van der Waals surface area contributed by atoms with Gasteiger partial charge in [0, 0.05) is 18.3 Å². The lowest BCUT2D eigenvalue weighted by atomic mass is 10.1. The fraction of sp³-hybridized carbons (Fsp3) is 0.353. The average Bonchev–Trinajstić information content (AvgIpc) is 3.17. The molecule has 0 saturated heterocycles. The maximum atomic E-state index is 12.0. The lowest BCUT2D eigenvalue weighted by Crippen LogP contribution is -2.28. The van der Waals surface area contributed by atoms with Gasteiger partial charge in [0.25, 0.3) is 0 Å². The number of aromatic nitrogens is 3. The molecule has 3 heterocycles. The molecule has 0 unspecified atom stereocenters. The number of nitrogens with zero attached hydrogens (tertiary/aromatic N) is 3. The van der Waals surface area contributed by atoms with Crippen molar-refractivity contribution in [1.29, 1.82) is 0 Å². The molecule has 120 valence electrons. The lowest BCUT2D eigenvalue weighted by Gasteiger charge is -2.05. The molecule has 6 nitrogen and oxygen atoms in total. The Hall–Kier alpha value is -2.63. The molecule has 0 aliphatic heterocycles. The van der Waals surface area contributed by atoms with Gasteiger partial charge >= 0.3 is 0 Å². The third-order valence-electron chi connectivity index (χ3n) is 3.74. The Morgan fingerprint density at radius 1 is 1.39 bits per heavy atom. The summed E-state index contributed by atoms with van der Waals surface area (Å²) in [5.41, 5.74) is 2.47. The molecule has 0 atom stereocenters. The van der Waals surface area contributed by atoms with Crippen LogP contribution in [0, 0.1) is 6.92 Å². The van der Waals surface area contributed by atoms with E-state index in [2.05, 4.69) is 22.3 Å². The van der Waals surface area contributed by atoms with Crippen molar-refractivity contribution in [2.45, 2.75) is 33.2 Å². The van der Waals surface area contributed by atoms with Gasteiger partial charge in [-0.05, 0) is 31.5 Å². The van der Waals surface area contributed by atoms with Crippen LogP contribution in [0.5, 0.6) is 0 Å². The molecule has 0 aromatic carbocycles. The van der Waals surface area contributed by atoms with Gasteiger partial charge in [0.15, 0.2) is 5.65 Å². The second kappa shape index (κ2) is 6.64. The SMILES string of the molecule is CCCCNC(=O)Cn1nc(C)c2c(-c3ccco3)ccnc21. The molecule has 1 N–H and O–H groups in total. The first kappa shape index (κ1) is 15.3. The molecule has 0 saturated carbocycles. The summed E-state index contributed by atoms with van der Waals surface area (Å²) in [5.74, 6) is 0.723. The first-order valence-corrected chi connectivity index (χ1v) is 7.83. The van der Waals surface area contributed by atoms with Crippen molar-refractivity contribution in [3.8, 4) is 11.3 Å². The fourth-order valence-electron chi connectivity index (χ4n) is 2.63. The summed E-state index contributed by atoms with van der Waals surface area (Å²) < 4.78 is 7.15. The summed E-state index contributed by atoms with van der Waals surface area (Å²) in [6, 6.07) is 5.66. The molecule has 0 fully saturated rings. The van der Waals surface area contributed by atoms with E-state index < -0.39 is 0 Å². The van der Waals surface area contributed by atoms with Crippen LogP contribution in [0.4, 0.5) is 0 Å². The second-order valence-electron chi connectivity index (χ2n) is 5.48. The molecule has 0 bridgehead atoms. The van der Waals surface area contributed by atoms with E-state index >= 15 is 0 Å². The Balaban J connectivity index is 1.91. The van der Waals surface area contributed by atoms with Crippen LogP contribution in [-0.2, 0) is 11.3 Å². The second-order valence-corrected chi connectivity index (χ2v) is 5.48. The number of amides is 1. The van der Waals surface area contributed by atoms with Crippen LogP contribution >= 0.6 is 0 Å². The summed E-state index contributed by atoms with van der Waals surface area (Å²) in [6.45, 7) is 4.87. The number of nitrogens with one attached hydrogen (secondary N) is 1. The largest absolute Gasteiger partial charge is 0.464 e. The third-order valence-corrected chi connectivity index (χ3v) is 3.74. The van der Waals surface area contributed by atoms with Crippen molar-refractivity contribution in [3.05, 3.63) is 36.4 Å². The molecular formula is C17H20N4O2. The summed E-state index contributed by atoms with van der Waals surface area (Å²) in [6.07, 6.45) is 5.39. The normalized spacial score (nSPS) is 11.0. The van der Waals surface area contributed by atoms with Crippen LogP contribution in [0.1, 0.15) is 25.5 Å². The van der Waals surface area contributed by atoms with Crippen molar-refractivity contribution in [2.75, 3.05) is 6.54 Å². The molecule has 23 heavy (non-hydrogen) atoms. The smallest absolute Gasteiger partial charge is 0.241 e. The monoisotopic (exact) mass is 312 g/mol. The average molecular weight is 312 g/mol. The quantitative estimate of drug-likeness (QED) is 0.710. The highest BCUT2D eigenvalue weighted by Crippen LogP contribution is 2.29. The number of aryl methyl sites for hydroxylation is 1. The minimum absolute atomic E-state index is 0.0481. The van der Waals surface area contributed by atoms with Gasteiger partial charge in [-0.1, -0.05) is 13.3 Å². The molecule has 3 aromatic rings. The molecule has 0 radical (unpaired) electrons. The number of carbonyl (C=O) groups excluding carboxylic acids is 1. The Morgan fingerprint density at radius 3 is 3.00 bits per heavy atom. The lowest BCUT2D eigenvalue weighted by molar-refractivity contribution is -0.121. The van der Waals surface area contributed by atoms with Crippen LogP contribution in [0.15, 0.2) is 35.1 Å². The van der Waals surface area contributed by atoms with Crippen molar-refractivity contribution < 1.29 is 9.21 Å². The molecule has 0 spiro atoms.